The van der Waals surface area contributed by atoms with Crippen LogP contribution < -0.4 is 5.32 Å². The smallest absolute Gasteiger partial charge is 0.248 e. The molecular formula is C10H11N3O. The number of nitrogens with zero attached hydrogens (tertiary/aromatic N) is 2. The Balaban J connectivity index is 2.05. The summed E-state index contributed by atoms with van der Waals surface area (Å²) in [7, 11) is 0. The third-order valence-corrected chi connectivity index (χ3v) is 2.12. The lowest BCUT2D eigenvalue weighted by Gasteiger charge is -2.00. The van der Waals surface area contributed by atoms with Crippen LogP contribution in [0.4, 0.5) is 5.82 Å². The van der Waals surface area contributed by atoms with Crippen LogP contribution in [0.1, 0.15) is 24.5 Å². The summed E-state index contributed by atoms with van der Waals surface area (Å²) in [6, 6.07) is 3.67. The molecule has 0 radical (unpaired) electrons. The number of carbonyl (C=O) groups excluding carboxylic acids is 1. The molecular weight excluding hydrogens is 178 g/mol. The van der Waals surface area contributed by atoms with Gasteiger partial charge in [-0.25, -0.2) is 0 Å². The van der Waals surface area contributed by atoms with Crippen LogP contribution in [0.25, 0.3) is 0 Å². The SMILES string of the molecule is C=CC(=O)Nc1ccc(C2CC2)nn1. The number of rotatable bonds is 3. The van der Waals surface area contributed by atoms with Gasteiger partial charge in [0.1, 0.15) is 0 Å². The van der Waals surface area contributed by atoms with Crippen molar-refractivity contribution >= 4 is 11.7 Å². The zero-order chi connectivity index (χ0) is 9.97. The molecule has 1 heterocycles. The number of hydrogen-bond acceptors (Lipinski definition) is 3. The lowest BCUT2D eigenvalue weighted by molar-refractivity contribution is -0.111. The number of nitrogens with one attached hydrogen (secondary N) is 1. The number of amides is 1. The first-order valence-corrected chi connectivity index (χ1v) is 4.56. The molecule has 0 saturated heterocycles. The summed E-state index contributed by atoms with van der Waals surface area (Å²) in [5, 5.41) is 10.5. The maximum absolute atomic E-state index is 10.9. The van der Waals surface area contributed by atoms with Crippen molar-refractivity contribution in [3.05, 3.63) is 30.5 Å². The molecule has 0 spiro atoms. The van der Waals surface area contributed by atoms with Gasteiger partial charge in [0.15, 0.2) is 5.82 Å². The monoisotopic (exact) mass is 189 g/mol. The van der Waals surface area contributed by atoms with Crippen LogP contribution in [-0.2, 0) is 4.79 Å². The zero-order valence-corrected chi connectivity index (χ0v) is 7.73. The van der Waals surface area contributed by atoms with Gasteiger partial charge in [-0.05, 0) is 31.1 Å². The molecule has 0 atom stereocenters. The van der Waals surface area contributed by atoms with Crippen molar-refractivity contribution in [1.29, 1.82) is 0 Å². The van der Waals surface area contributed by atoms with Crippen molar-refractivity contribution in [3.63, 3.8) is 0 Å². The summed E-state index contributed by atoms with van der Waals surface area (Å²) in [5.74, 6) is 0.796. The Labute approximate surface area is 82.0 Å². The van der Waals surface area contributed by atoms with Crippen molar-refractivity contribution in [2.45, 2.75) is 18.8 Å². The third kappa shape index (κ3) is 1.96. The molecule has 1 aromatic rings. The first-order chi connectivity index (χ1) is 6.79. The molecule has 1 saturated carbocycles. The molecule has 4 nitrogen and oxygen atoms in total. The van der Waals surface area contributed by atoms with Crippen LogP contribution in [0.3, 0.4) is 0 Å². The highest BCUT2D eigenvalue weighted by atomic mass is 16.1. The molecule has 1 aliphatic carbocycles. The summed E-state index contributed by atoms with van der Waals surface area (Å²) in [6.45, 7) is 3.35. The highest BCUT2D eigenvalue weighted by molar-refractivity contribution is 5.98. The van der Waals surface area contributed by atoms with Crippen LogP contribution in [0.5, 0.6) is 0 Å². The second-order valence-corrected chi connectivity index (χ2v) is 3.31. The van der Waals surface area contributed by atoms with E-state index in [0.717, 1.165) is 5.69 Å². The van der Waals surface area contributed by atoms with E-state index in [0.29, 0.717) is 11.7 Å². The summed E-state index contributed by atoms with van der Waals surface area (Å²) in [4.78, 5) is 10.9. The third-order valence-electron chi connectivity index (χ3n) is 2.12. The molecule has 0 bridgehead atoms. The number of carbonyl (C=O) groups is 1. The lowest BCUT2D eigenvalue weighted by Crippen LogP contribution is -2.09. The van der Waals surface area contributed by atoms with E-state index in [2.05, 4.69) is 22.1 Å². The van der Waals surface area contributed by atoms with Gasteiger partial charge in [0, 0.05) is 5.92 Å². The Hall–Kier alpha value is -1.71. The maximum Gasteiger partial charge on any atom is 0.248 e. The maximum atomic E-state index is 10.9. The summed E-state index contributed by atoms with van der Waals surface area (Å²) < 4.78 is 0. The molecule has 0 aliphatic heterocycles. The van der Waals surface area contributed by atoms with Gasteiger partial charge < -0.3 is 5.32 Å². The predicted octanol–water partition coefficient (Wildman–Crippen LogP) is 1.48. The van der Waals surface area contributed by atoms with Crippen molar-refractivity contribution in [2.75, 3.05) is 5.32 Å². The van der Waals surface area contributed by atoms with Crippen LogP contribution in [0.15, 0.2) is 24.8 Å². The summed E-state index contributed by atoms with van der Waals surface area (Å²) in [5.41, 5.74) is 1.02. The van der Waals surface area contributed by atoms with Gasteiger partial charge >= 0.3 is 0 Å². The lowest BCUT2D eigenvalue weighted by atomic mass is 10.3. The van der Waals surface area contributed by atoms with Crippen LogP contribution in [0.2, 0.25) is 0 Å². The van der Waals surface area contributed by atoms with E-state index in [9.17, 15) is 4.79 Å². The molecule has 14 heavy (non-hydrogen) atoms. The quantitative estimate of drug-likeness (QED) is 0.733. The molecule has 2 rings (SSSR count). The molecule has 0 unspecified atom stereocenters. The van der Waals surface area contributed by atoms with E-state index >= 15 is 0 Å². The van der Waals surface area contributed by atoms with Crippen molar-refractivity contribution in [3.8, 4) is 0 Å². The van der Waals surface area contributed by atoms with E-state index in [-0.39, 0.29) is 5.91 Å². The first-order valence-electron chi connectivity index (χ1n) is 4.56. The fourth-order valence-electron chi connectivity index (χ4n) is 1.18. The van der Waals surface area contributed by atoms with Crippen molar-refractivity contribution in [2.24, 2.45) is 0 Å². The minimum Gasteiger partial charge on any atom is -0.306 e. The fourth-order valence-corrected chi connectivity index (χ4v) is 1.18. The van der Waals surface area contributed by atoms with Crippen molar-refractivity contribution in [1.82, 2.24) is 10.2 Å². The van der Waals surface area contributed by atoms with Gasteiger partial charge in [0.2, 0.25) is 5.91 Å². The Bertz CT molecular complexity index is 354. The standard InChI is InChI=1S/C10H11N3O/c1-2-10(14)11-9-6-5-8(12-13-9)7-3-4-7/h2,5-7H,1,3-4H2,(H,11,13,14). The average molecular weight is 189 g/mol. The number of hydrogen-bond donors (Lipinski definition) is 1. The fraction of sp³-hybridized carbons (Fsp3) is 0.300. The van der Waals surface area contributed by atoms with Gasteiger partial charge in [0.25, 0.3) is 0 Å². The molecule has 1 aromatic heterocycles. The van der Waals surface area contributed by atoms with Crippen molar-refractivity contribution < 1.29 is 4.79 Å². The second-order valence-electron chi connectivity index (χ2n) is 3.31. The second kappa shape index (κ2) is 3.57. The Morgan fingerprint density at radius 3 is 2.79 bits per heavy atom. The minimum atomic E-state index is -0.265. The van der Waals surface area contributed by atoms with Crippen LogP contribution in [-0.4, -0.2) is 16.1 Å². The van der Waals surface area contributed by atoms with E-state index in [1.54, 1.807) is 6.07 Å². The molecule has 0 aromatic carbocycles. The highest BCUT2D eigenvalue weighted by Gasteiger charge is 2.25. The normalized spacial score (nSPS) is 14.9. The predicted molar refractivity (Wildman–Crippen MR) is 52.8 cm³/mol. The largest absolute Gasteiger partial charge is 0.306 e. The van der Waals surface area contributed by atoms with Gasteiger partial charge in [-0.3, -0.25) is 4.79 Å². The Morgan fingerprint density at radius 2 is 2.29 bits per heavy atom. The zero-order valence-electron chi connectivity index (χ0n) is 7.73. The summed E-state index contributed by atoms with van der Waals surface area (Å²) in [6.07, 6.45) is 3.61. The molecule has 1 aliphatic rings. The van der Waals surface area contributed by atoms with Gasteiger partial charge in [-0.1, -0.05) is 6.58 Å². The van der Waals surface area contributed by atoms with Gasteiger partial charge in [-0.2, -0.15) is 5.10 Å². The van der Waals surface area contributed by atoms with Gasteiger partial charge in [0.05, 0.1) is 5.69 Å². The van der Waals surface area contributed by atoms with E-state index in [4.69, 9.17) is 0 Å². The molecule has 1 N–H and O–H groups in total. The number of aromatic nitrogens is 2. The van der Waals surface area contributed by atoms with Crippen LogP contribution >= 0.6 is 0 Å². The topological polar surface area (TPSA) is 54.9 Å². The molecule has 1 fully saturated rings. The van der Waals surface area contributed by atoms with Gasteiger partial charge in [-0.15, -0.1) is 5.10 Å². The van der Waals surface area contributed by atoms with Crippen LogP contribution in [0, 0.1) is 0 Å². The first kappa shape index (κ1) is 8.87. The Morgan fingerprint density at radius 1 is 1.50 bits per heavy atom. The van der Waals surface area contributed by atoms with E-state index in [1.807, 2.05) is 6.07 Å². The molecule has 72 valence electrons. The highest BCUT2D eigenvalue weighted by Crippen LogP contribution is 2.38. The molecule has 4 heteroatoms. The number of anilines is 1. The summed E-state index contributed by atoms with van der Waals surface area (Å²) >= 11 is 0. The van der Waals surface area contributed by atoms with E-state index in [1.165, 1.54) is 18.9 Å². The Kier molecular flexibility index (Phi) is 2.26. The minimum absolute atomic E-state index is 0.265. The molecule has 1 amide bonds. The van der Waals surface area contributed by atoms with E-state index < -0.39 is 0 Å². The average Bonchev–Trinajstić information content (AvgIpc) is 3.02.